The van der Waals surface area contributed by atoms with Crippen molar-refractivity contribution in [2.45, 2.75) is 18.9 Å². The molecule has 0 aliphatic carbocycles. The highest BCUT2D eigenvalue weighted by Gasteiger charge is 2.24. The lowest BCUT2D eigenvalue weighted by Gasteiger charge is -2.37. The van der Waals surface area contributed by atoms with Gasteiger partial charge < -0.3 is 14.9 Å². The lowest BCUT2D eigenvalue weighted by molar-refractivity contribution is 0.162. The van der Waals surface area contributed by atoms with Crippen LogP contribution < -0.4 is 10.5 Å². The zero-order valence-corrected chi connectivity index (χ0v) is 16.1. The fourth-order valence-corrected chi connectivity index (χ4v) is 3.67. The monoisotopic (exact) mass is 396 g/mol. The molecule has 1 aromatic carbocycles. The second-order valence-electron chi connectivity index (χ2n) is 6.46. The van der Waals surface area contributed by atoms with Crippen molar-refractivity contribution < 1.29 is 5.11 Å². The van der Waals surface area contributed by atoms with E-state index in [0.29, 0.717) is 29.0 Å². The molecule has 1 fully saturated rings. The summed E-state index contributed by atoms with van der Waals surface area (Å²) in [6.07, 6.45) is 3.55. The Labute approximate surface area is 162 Å². The quantitative estimate of drug-likeness (QED) is 0.840. The van der Waals surface area contributed by atoms with E-state index in [1.165, 1.54) is 4.68 Å². The summed E-state index contributed by atoms with van der Waals surface area (Å²) in [6.45, 7) is 2.43. The Bertz CT molecular complexity index is 802. The third-order valence-electron chi connectivity index (χ3n) is 4.85. The van der Waals surface area contributed by atoms with Gasteiger partial charge in [-0.1, -0.05) is 23.2 Å². The van der Waals surface area contributed by atoms with Gasteiger partial charge in [0.15, 0.2) is 0 Å². The van der Waals surface area contributed by atoms with Crippen LogP contribution in [-0.4, -0.2) is 59.1 Å². The molecule has 140 valence electrons. The number of benzene rings is 1. The zero-order chi connectivity index (χ0) is 18.7. The van der Waals surface area contributed by atoms with E-state index in [0.717, 1.165) is 25.9 Å². The molecule has 0 spiro atoms. The van der Waals surface area contributed by atoms with Crippen molar-refractivity contribution in [2.24, 2.45) is 0 Å². The van der Waals surface area contributed by atoms with Crippen LogP contribution in [0.15, 0.2) is 35.3 Å². The molecule has 0 bridgehead atoms. The van der Waals surface area contributed by atoms with E-state index < -0.39 is 0 Å². The summed E-state index contributed by atoms with van der Waals surface area (Å²) < 4.78 is 1.28. The maximum Gasteiger partial charge on any atom is 0.292 e. The standard InChI is InChI=1S/C18H22Cl2N4O2/c1-22(10-11-25)14-6-8-23(9-7-14)16-12-21-24(18(26)17(16)20)15-4-2-13(19)3-5-15/h2-5,12,14,25H,6-11H2,1H3. The van der Waals surface area contributed by atoms with Crippen molar-refractivity contribution in [2.75, 3.05) is 38.2 Å². The molecule has 0 saturated carbocycles. The maximum atomic E-state index is 12.6. The molecule has 6 nitrogen and oxygen atoms in total. The van der Waals surface area contributed by atoms with Crippen LogP contribution in [0.1, 0.15) is 12.8 Å². The molecule has 0 unspecified atom stereocenters. The molecule has 1 aliphatic heterocycles. The number of aliphatic hydroxyl groups excluding tert-OH is 1. The molecule has 8 heteroatoms. The van der Waals surface area contributed by atoms with Crippen LogP contribution in [0.5, 0.6) is 0 Å². The summed E-state index contributed by atoms with van der Waals surface area (Å²) in [6, 6.07) is 7.31. The van der Waals surface area contributed by atoms with E-state index in [1.54, 1.807) is 30.5 Å². The van der Waals surface area contributed by atoms with E-state index in [9.17, 15) is 4.79 Å². The number of aliphatic hydroxyl groups is 1. The predicted octanol–water partition coefficient (Wildman–Crippen LogP) is 2.43. The van der Waals surface area contributed by atoms with E-state index in [1.807, 2.05) is 7.05 Å². The lowest BCUT2D eigenvalue weighted by atomic mass is 10.0. The van der Waals surface area contributed by atoms with Crippen molar-refractivity contribution in [1.29, 1.82) is 0 Å². The summed E-state index contributed by atoms with van der Waals surface area (Å²) in [5.41, 5.74) is 0.952. The highest BCUT2D eigenvalue weighted by Crippen LogP contribution is 2.26. The van der Waals surface area contributed by atoms with E-state index in [2.05, 4.69) is 14.9 Å². The second kappa shape index (κ2) is 8.39. The van der Waals surface area contributed by atoms with Crippen LogP contribution >= 0.6 is 23.2 Å². The van der Waals surface area contributed by atoms with Gasteiger partial charge in [-0.15, -0.1) is 0 Å². The van der Waals surface area contributed by atoms with Gasteiger partial charge in [-0.2, -0.15) is 9.78 Å². The molecule has 1 aliphatic rings. The largest absolute Gasteiger partial charge is 0.395 e. The van der Waals surface area contributed by atoms with E-state index in [-0.39, 0.29) is 17.2 Å². The van der Waals surface area contributed by atoms with Crippen LogP contribution in [0.2, 0.25) is 10.0 Å². The van der Waals surface area contributed by atoms with Gasteiger partial charge >= 0.3 is 0 Å². The number of rotatable bonds is 5. The summed E-state index contributed by atoms with van der Waals surface area (Å²) in [7, 11) is 2.03. The van der Waals surface area contributed by atoms with Crippen molar-refractivity contribution in [3.05, 3.63) is 50.9 Å². The van der Waals surface area contributed by atoms with E-state index in [4.69, 9.17) is 28.3 Å². The van der Waals surface area contributed by atoms with Crippen molar-refractivity contribution >= 4 is 28.9 Å². The molecule has 1 N–H and O–H groups in total. The summed E-state index contributed by atoms with van der Waals surface area (Å²) in [4.78, 5) is 16.9. The Morgan fingerprint density at radius 2 is 1.88 bits per heavy atom. The molecule has 0 amide bonds. The van der Waals surface area contributed by atoms with Gasteiger partial charge in [-0.3, -0.25) is 4.79 Å². The van der Waals surface area contributed by atoms with Crippen molar-refractivity contribution in [1.82, 2.24) is 14.7 Å². The third kappa shape index (κ3) is 4.04. The summed E-state index contributed by atoms with van der Waals surface area (Å²) >= 11 is 12.3. The van der Waals surface area contributed by atoms with Gasteiger partial charge in [0.1, 0.15) is 5.02 Å². The van der Waals surface area contributed by atoms with Crippen molar-refractivity contribution in [3.63, 3.8) is 0 Å². The molecule has 0 radical (unpaired) electrons. The topological polar surface area (TPSA) is 61.6 Å². The van der Waals surface area contributed by atoms with Gasteiger partial charge in [0.2, 0.25) is 0 Å². The molecule has 1 aromatic heterocycles. The first kappa shape index (κ1) is 19.2. The number of likely N-dealkylation sites (N-methyl/N-ethyl adjacent to an activating group) is 1. The summed E-state index contributed by atoms with van der Waals surface area (Å²) in [5.74, 6) is 0. The smallest absolute Gasteiger partial charge is 0.292 e. The van der Waals surface area contributed by atoms with Gasteiger partial charge in [-0.25, -0.2) is 0 Å². The molecule has 3 rings (SSSR count). The Kier molecular flexibility index (Phi) is 6.19. The fourth-order valence-electron chi connectivity index (χ4n) is 3.30. The highest BCUT2D eigenvalue weighted by molar-refractivity contribution is 6.33. The van der Waals surface area contributed by atoms with Crippen LogP contribution in [0.25, 0.3) is 5.69 Å². The van der Waals surface area contributed by atoms with Crippen molar-refractivity contribution in [3.8, 4) is 5.69 Å². The Balaban J connectivity index is 1.77. The Morgan fingerprint density at radius 1 is 1.23 bits per heavy atom. The first-order chi connectivity index (χ1) is 12.5. The van der Waals surface area contributed by atoms with Crippen LogP contribution in [0.3, 0.4) is 0 Å². The zero-order valence-electron chi connectivity index (χ0n) is 14.6. The minimum atomic E-state index is -0.342. The molecule has 0 atom stereocenters. The van der Waals surface area contributed by atoms with Crippen LogP contribution in [0.4, 0.5) is 5.69 Å². The number of nitrogens with zero attached hydrogens (tertiary/aromatic N) is 4. The summed E-state index contributed by atoms with van der Waals surface area (Å²) in [5, 5.41) is 14.1. The van der Waals surface area contributed by atoms with E-state index >= 15 is 0 Å². The average Bonchev–Trinajstić information content (AvgIpc) is 2.65. The van der Waals surface area contributed by atoms with Gasteiger partial charge in [-0.05, 0) is 44.2 Å². The molecule has 2 aromatic rings. The third-order valence-corrected chi connectivity index (χ3v) is 5.46. The number of aromatic nitrogens is 2. The number of halogens is 2. The minimum absolute atomic E-state index is 0.162. The minimum Gasteiger partial charge on any atom is -0.395 e. The number of piperidine rings is 1. The number of hydrogen-bond acceptors (Lipinski definition) is 5. The normalized spacial score (nSPS) is 15.7. The maximum absolute atomic E-state index is 12.6. The lowest BCUT2D eigenvalue weighted by Crippen LogP contribution is -2.44. The number of anilines is 1. The van der Waals surface area contributed by atoms with Crippen LogP contribution in [-0.2, 0) is 0 Å². The fraction of sp³-hybridized carbons (Fsp3) is 0.444. The molecular weight excluding hydrogens is 375 g/mol. The average molecular weight is 397 g/mol. The predicted molar refractivity (Wildman–Crippen MR) is 105 cm³/mol. The first-order valence-electron chi connectivity index (χ1n) is 8.61. The van der Waals surface area contributed by atoms with Gasteiger partial charge in [0.05, 0.1) is 24.2 Å². The molecule has 1 saturated heterocycles. The first-order valence-corrected chi connectivity index (χ1v) is 9.36. The SMILES string of the molecule is CN(CCO)C1CCN(c2cnn(-c3ccc(Cl)cc3)c(=O)c2Cl)CC1. The Morgan fingerprint density at radius 3 is 2.50 bits per heavy atom. The number of hydrogen-bond donors (Lipinski definition) is 1. The van der Waals surface area contributed by atoms with Gasteiger partial charge in [0, 0.05) is 30.7 Å². The molecule has 26 heavy (non-hydrogen) atoms. The van der Waals surface area contributed by atoms with Gasteiger partial charge in [0.25, 0.3) is 5.56 Å². The second-order valence-corrected chi connectivity index (χ2v) is 7.27. The Hall–Kier alpha value is -1.60. The highest BCUT2D eigenvalue weighted by atomic mass is 35.5. The molecular formula is C18H22Cl2N4O2. The van der Waals surface area contributed by atoms with Crippen LogP contribution in [0, 0.1) is 0 Å². The molecule has 2 heterocycles.